The van der Waals surface area contributed by atoms with Gasteiger partial charge in [0.1, 0.15) is 5.75 Å². The fourth-order valence-corrected chi connectivity index (χ4v) is 2.88. The first-order valence-electron chi connectivity index (χ1n) is 7.01. The molecule has 0 saturated carbocycles. The van der Waals surface area contributed by atoms with E-state index in [0.717, 1.165) is 20.6 Å². The molecule has 0 unspecified atom stereocenters. The van der Waals surface area contributed by atoms with Crippen molar-refractivity contribution in [1.29, 1.82) is 0 Å². The number of furan rings is 1. The second-order valence-corrected chi connectivity index (χ2v) is 6.27. The van der Waals surface area contributed by atoms with Crippen molar-refractivity contribution in [1.82, 2.24) is 4.98 Å². The molecule has 1 aromatic carbocycles. The maximum absolute atomic E-state index is 5.77. The lowest BCUT2D eigenvalue weighted by molar-refractivity contribution is 0.343. The molecule has 0 aliphatic heterocycles. The molecule has 116 valence electrons. The van der Waals surface area contributed by atoms with Gasteiger partial charge in [-0.1, -0.05) is 6.58 Å². The summed E-state index contributed by atoms with van der Waals surface area (Å²) in [4.78, 5) is 3.98. The molecular formula is C18H15IN2O2. The van der Waals surface area contributed by atoms with Gasteiger partial charge < -0.3 is 14.5 Å². The fraction of sp³-hybridized carbons (Fsp3) is 0.0556. The minimum Gasteiger partial charge on any atom is -0.426 e. The Morgan fingerprint density at radius 1 is 1.17 bits per heavy atom. The van der Waals surface area contributed by atoms with E-state index in [1.807, 2.05) is 37.3 Å². The molecule has 2 heterocycles. The smallest absolute Gasteiger partial charge is 0.290 e. The fourth-order valence-electron chi connectivity index (χ4n) is 2.09. The largest absolute Gasteiger partial charge is 0.426 e. The normalized spacial score (nSPS) is 10.3. The minimum absolute atomic E-state index is 0.430. The number of halogens is 1. The van der Waals surface area contributed by atoms with Gasteiger partial charge in [0.25, 0.3) is 5.95 Å². The Bertz CT molecular complexity index is 808. The zero-order chi connectivity index (χ0) is 16.2. The van der Waals surface area contributed by atoms with Crippen molar-refractivity contribution in [2.24, 2.45) is 0 Å². The van der Waals surface area contributed by atoms with Gasteiger partial charge in [-0.15, -0.1) is 0 Å². The monoisotopic (exact) mass is 418 g/mol. The average Bonchev–Trinajstić information content (AvgIpc) is 2.96. The molecule has 0 atom stereocenters. The summed E-state index contributed by atoms with van der Waals surface area (Å²) in [6.45, 7) is 6.02. The number of aromatic nitrogens is 1. The van der Waals surface area contributed by atoms with E-state index in [2.05, 4.69) is 45.5 Å². The van der Waals surface area contributed by atoms with Crippen molar-refractivity contribution >= 4 is 34.0 Å². The first-order chi connectivity index (χ1) is 11.1. The van der Waals surface area contributed by atoms with Crippen molar-refractivity contribution in [3.05, 3.63) is 76.3 Å². The van der Waals surface area contributed by atoms with Gasteiger partial charge in [0.05, 0.1) is 5.70 Å². The van der Waals surface area contributed by atoms with Gasteiger partial charge in [-0.3, -0.25) is 4.98 Å². The number of ether oxygens (including phenoxy) is 1. The molecule has 0 bridgehead atoms. The third kappa shape index (κ3) is 4.13. The van der Waals surface area contributed by atoms with Gasteiger partial charge in [0.15, 0.2) is 5.76 Å². The van der Waals surface area contributed by atoms with Crippen LogP contribution in [-0.4, -0.2) is 4.98 Å². The Morgan fingerprint density at radius 3 is 2.70 bits per heavy atom. The quantitative estimate of drug-likeness (QED) is 0.559. The van der Waals surface area contributed by atoms with E-state index < -0.39 is 0 Å². The Hall–Kier alpha value is -2.28. The predicted octanol–water partition coefficient (Wildman–Crippen LogP) is 5.46. The molecule has 4 nitrogen and oxygen atoms in total. The number of anilines is 1. The zero-order valence-corrected chi connectivity index (χ0v) is 14.7. The highest BCUT2D eigenvalue weighted by atomic mass is 127. The van der Waals surface area contributed by atoms with Crippen LogP contribution in [0, 0.1) is 10.5 Å². The second-order valence-electron chi connectivity index (χ2n) is 5.02. The molecule has 23 heavy (non-hydrogen) atoms. The molecule has 3 aromatic rings. The van der Waals surface area contributed by atoms with Gasteiger partial charge in [-0.2, -0.15) is 0 Å². The van der Waals surface area contributed by atoms with Crippen molar-refractivity contribution in [2.75, 3.05) is 5.32 Å². The summed E-state index contributed by atoms with van der Waals surface area (Å²) in [6, 6.07) is 13.3. The minimum atomic E-state index is 0.430. The molecule has 2 aromatic heterocycles. The summed E-state index contributed by atoms with van der Waals surface area (Å²) >= 11 is 2.26. The van der Waals surface area contributed by atoms with Crippen LogP contribution < -0.4 is 10.1 Å². The Kier molecular flexibility index (Phi) is 4.66. The summed E-state index contributed by atoms with van der Waals surface area (Å²) in [6.07, 6.45) is 3.43. The first kappa shape index (κ1) is 15.6. The van der Waals surface area contributed by atoms with E-state index >= 15 is 0 Å². The van der Waals surface area contributed by atoms with Gasteiger partial charge in [-0.25, -0.2) is 0 Å². The highest BCUT2D eigenvalue weighted by Gasteiger charge is 2.08. The molecule has 0 saturated heterocycles. The van der Waals surface area contributed by atoms with Crippen LogP contribution in [0.25, 0.3) is 5.70 Å². The van der Waals surface area contributed by atoms with Crippen LogP contribution in [0.15, 0.2) is 65.9 Å². The topological polar surface area (TPSA) is 47.3 Å². The Morgan fingerprint density at radius 2 is 1.96 bits per heavy atom. The molecule has 5 heteroatoms. The SMILES string of the molecule is C=C(Nc1ccncc1)c1ccc(Oc2cc(C)cc(I)c2)o1. The maximum Gasteiger partial charge on any atom is 0.290 e. The molecule has 0 aliphatic rings. The summed E-state index contributed by atoms with van der Waals surface area (Å²) in [7, 11) is 0. The summed E-state index contributed by atoms with van der Waals surface area (Å²) < 4.78 is 12.6. The number of aryl methyl sites for hydroxylation is 1. The van der Waals surface area contributed by atoms with Gasteiger partial charge in [-0.05, 0) is 71.5 Å². The van der Waals surface area contributed by atoms with Crippen LogP contribution in [-0.2, 0) is 0 Å². The van der Waals surface area contributed by atoms with Gasteiger partial charge >= 0.3 is 0 Å². The van der Waals surface area contributed by atoms with Crippen molar-refractivity contribution < 1.29 is 9.15 Å². The van der Waals surface area contributed by atoms with E-state index in [4.69, 9.17) is 9.15 Å². The highest BCUT2D eigenvalue weighted by molar-refractivity contribution is 14.1. The van der Waals surface area contributed by atoms with Crippen LogP contribution in [0.1, 0.15) is 11.3 Å². The van der Waals surface area contributed by atoms with Crippen LogP contribution >= 0.6 is 22.6 Å². The molecule has 3 rings (SSSR count). The van der Waals surface area contributed by atoms with E-state index in [-0.39, 0.29) is 0 Å². The summed E-state index contributed by atoms with van der Waals surface area (Å²) in [5.41, 5.74) is 2.70. The number of hydrogen-bond acceptors (Lipinski definition) is 4. The zero-order valence-electron chi connectivity index (χ0n) is 12.5. The average molecular weight is 418 g/mol. The molecule has 0 radical (unpaired) electrons. The molecule has 0 spiro atoms. The lowest BCUT2D eigenvalue weighted by Gasteiger charge is -2.07. The predicted molar refractivity (Wildman–Crippen MR) is 99.6 cm³/mol. The van der Waals surface area contributed by atoms with Crippen molar-refractivity contribution in [3.8, 4) is 11.7 Å². The number of rotatable bonds is 5. The lowest BCUT2D eigenvalue weighted by Crippen LogP contribution is -1.95. The number of hydrogen-bond donors (Lipinski definition) is 1. The van der Waals surface area contributed by atoms with E-state index in [0.29, 0.717) is 17.4 Å². The van der Waals surface area contributed by atoms with Crippen LogP contribution in [0.3, 0.4) is 0 Å². The third-order valence-corrected chi connectivity index (χ3v) is 3.71. The Labute approximate surface area is 148 Å². The van der Waals surface area contributed by atoms with Gasteiger partial charge in [0.2, 0.25) is 0 Å². The Balaban J connectivity index is 1.71. The van der Waals surface area contributed by atoms with E-state index in [9.17, 15) is 0 Å². The molecular weight excluding hydrogens is 403 g/mol. The van der Waals surface area contributed by atoms with E-state index in [1.165, 1.54) is 0 Å². The molecule has 0 amide bonds. The summed E-state index contributed by atoms with van der Waals surface area (Å²) in [5, 5.41) is 3.17. The number of nitrogens with one attached hydrogen (secondary N) is 1. The number of nitrogens with zero attached hydrogens (tertiary/aromatic N) is 1. The number of benzene rings is 1. The van der Waals surface area contributed by atoms with Crippen LogP contribution in [0.4, 0.5) is 5.69 Å². The molecule has 0 fully saturated rings. The first-order valence-corrected chi connectivity index (χ1v) is 8.09. The number of pyridine rings is 1. The van der Waals surface area contributed by atoms with E-state index in [1.54, 1.807) is 18.5 Å². The van der Waals surface area contributed by atoms with Crippen LogP contribution in [0.2, 0.25) is 0 Å². The van der Waals surface area contributed by atoms with Crippen molar-refractivity contribution in [2.45, 2.75) is 6.92 Å². The third-order valence-electron chi connectivity index (χ3n) is 3.09. The standard InChI is InChI=1S/C18H15IN2O2/c1-12-9-14(19)11-16(10-12)22-18-4-3-17(23-18)13(2)21-15-5-7-20-8-6-15/h3-11H,2H2,1H3,(H,20,21). The molecule has 0 aliphatic carbocycles. The maximum atomic E-state index is 5.77. The lowest BCUT2D eigenvalue weighted by atomic mass is 10.2. The molecule has 1 N–H and O–H groups in total. The van der Waals surface area contributed by atoms with Crippen molar-refractivity contribution in [3.63, 3.8) is 0 Å². The van der Waals surface area contributed by atoms with Crippen LogP contribution in [0.5, 0.6) is 11.7 Å². The summed E-state index contributed by atoms with van der Waals surface area (Å²) in [5.74, 6) is 1.81. The second kappa shape index (κ2) is 6.87. The highest BCUT2D eigenvalue weighted by Crippen LogP contribution is 2.28. The van der Waals surface area contributed by atoms with Gasteiger partial charge in [0, 0.05) is 27.7 Å².